The smallest absolute Gasteiger partial charge is 0.0490 e. The summed E-state index contributed by atoms with van der Waals surface area (Å²) in [6, 6.07) is 0. The monoisotopic (exact) mass is 172 g/mol. The van der Waals surface area contributed by atoms with Crippen LogP contribution in [0.3, 0.4) is 0 Å². The van der Waals surface area contributed by atoms with Crippen molar-refractivity contribution in [1.29, 1.82) is 0 Å². The van der Waals surface area contributed by atoms with Gasteiger partial charge in [-0.2, -0.15) is 0 Å². The van der Waals surface area contributed by atoms with Gasteiger partial charge in [-0.05, 0) is 29.6 Å². The van der Waals surface area contributed by atoms with Crippen molar-refractivity contribution in [2.45, 2.75) is 33.6 Å². The molecule has 0 amide bonds. The van der Waals surface area contributed by atoms with E-state index in [0.29, 0.717) is 5.92 Å². The highest BCUT2D eigenvalue weighted by molar-refractivity contribution is 4.99. The Balaban J connectivity index is 2.84. The van der Waals surface area contributed by atoms with Crippen molar-refractivity contribution < 1.29 is 10.2 Å². The minimum Gasteiger partial charge on any atom is -0.396 e. The fraction of sp³-hybridized carbons (Fsp3) is 1.00. The molecule has 0 aromatic carbocycles. The molecule has 1 aliphatic rings. The molecule has 0 aliphatic heterocycles. The molecule has 1 rings (SSSR count). The predicted octanol–water partition coefficient (Wildman–Crippen LogP) is 1.41. The van der Waals surface area contributed by atoms with Gasteiger partial charge >= 0.3 is 0 Å². The average Bonchev–Trinajstić information content (AvgIpc) is 2.25. The number of aliphatic hydroxyl groups excluding tert-OH is 2. The highest BCUT2D eigenvalue weighted by Crippen LogP contribution is 2.55. The summed E-state index contributed by atoms with van der Waals surface area (Å²) in [5.41, 5.74) is 0.0664. The molecule has 2 heteroatoms. The van der Waals surface area contributed by atoms with Gasteiger partial charge < -0.3 is 10.2 Å². The van der Waals surface area contributed by atoms with Crippen LogP contribution in [0.4, 0.5) is 0 Å². The van der Waals surface area contributed by atoms with Crippen molar-refractivity contribution in [3.63, 3.8) is 0 Å². The molecule has 0 spiro atoms. The summed E-state index contributed by atoms with van der Waals surface area (Å²) >= 11 is 0. The first-order valence-electron chi connectivity index (χ1n) is 4.69. The SMILES string of the molecule is CC1(C)C(CO)CC[C@@]1(C)CO. The lowest BCUT2D eigenvalue weighted by atomic mass is 9.66. The molecular weight excluding hydrogens is 152 g/mol. The molecule has 1 unspecified atom stereocenters. The van der Waals surface area contributed by atoms with Crippen LogP contribution in [-0.2, 0) is 0 Å². The van der Waals surface area contributed by atoms with Gasteiger partial charge in [0.1, 0.15) is 0 Å². The molecule has 2 N–H and O–H groups in total. The Morgan fingerprint density at radius 3 is 2.08 bits per heavy atom. The zero-order chi connectivity index (χ0) is 9.41. The van der Waals surface area contributed by atoms with Gasteiger partial charge in [-0.3, -0.25) is 0 Å². The second kappa shape index (κ2) is 3.00. The maximum Gasteiger partial charge on any atom is 0.0490 e. The molecule has 0 aromatic heterocycles. The minimum absolute atomic E-state index is 0.000394. The summed E-state index contributed by atoms with van der Waals surface area (Å²) in [7, 11) is 0. The summed E-state index contributed by atoms with van der Waals surface area (Å²) < 4.78 is 0. The fourth-order valence-electron chi connectivity index (χ4n) is 2.27. The van der Waals surface area contributed by atoms with Crippen LogP contribution in [0.25, 0.3) is 0 Å². The molecule has 0 aromatic rings. The normalized spacial score (nSPS) is 40.2. The fourth-order valence-corrected chi connectivity index (χ4v) is 2.27. The Labute approximate surface area is 74.6 Å². The maximum absolute atomic E-state index is 9.29. The number of rotatable bonds is 2. The van der Waals surface area contributed by atoms with Crippen LogP contribution in [0, 0.1) is 16.7 Å². The molecule has 0 saturated heterocycles. The van der Waals surface area contributed by atoms with Gasteiger partial charge in [0, 0.05) is 13.2 Å². The Morgan fingerprint density at radius 1 is 1.25 bits per heavy atom. The second-order valence-electron chi connectivity index (χ2n) is 4.86. The molecule has 0 radical (unpaired) electrons. The van der Waals surface area contributed by atoms with Crippen LogP contribution in [0.1, 0.15) is 33.6 Å². The van der Waals surface area contributed by atoms with E-state index in [0.717, 1.165) is 12.8 Å². The number of aliphatic hydroxyl groups is 2. The van der Waals surface area contributed by atoms with Gasteiger partial charge in [0.05, 0.1) is 0 Å². The van der Waals surface area contributed by atoms with Crippen LogP contribution in [0.2, 0.25) is 0 Å². The number of hydrogen-bond acceptors (Lipinski definition) is 2. The third kappa shape index (κ3) is 1.17. The average molecular weight is 172 g/mol. The van der Waals surface area contributed by atoms with Gasteiger partial charge in [-0.15, -0.1) is 0 Å². The Kier molecular flexibility index (Phi) is 2.50. The summed E-state index contributed by atoms with van der Waals surface area (Å²) in [6.07, 6.45) is 2.07. The summed E-state index contributed by atoms with van der Waals surface area (Å²) in [6.45, 7) is 6.90. The zero-order valence-electron chi connectivity index (χ0n) is 8.30. The third-order valence-electron chi connectivity index (χ3n) is 4.19. The molecule has 1 aliphatic carbocycles. The maximum atomic E-state index is 9.29. The van der Waals surface area contributed by atoms with Crippen molar-refractivity contribution in [2.24, 2.45) is 16.7 Å². The van der Waals surface area contributed by atoms with E-state index in [9.17, 15) is 5.11 Å². The lowest BCUT2D eigenvalue weighted by Crippen LogP contribution is -2.38. The molecule has 1 saturated carbocycles. The predicted molar refractivity (Wildman–Crippen MR) is 48.8 cm³/mol. The van der Waals surface area contributed by atoms with Gasteiger partial charge in [-0.1, -0.05) is 20.8 Å². The van der Waals surface area contributed by atoms with Crippen LogP contribution in [0.15, 0.2) is 0 Å². The molecule has 1 fully saturated rings. The van der Waals surface area contributed by atoms with E-state index in [1.807, 2.05) is 0 Å². The summed E-state index contributed by atoms with van der Waals surface area (Å²) in [4.78, 5) is 0. The molecule has 2 nitrogen and oxygen atoms in total. The lowest BCUT2D eigenvalue weighted by molar-refractivity contribution is 0.0103. The standard InChI is InChI=1S/C10H20O2/c1-9(2)8(6-11)4-5-10(9,3)7-12/h8,11-12H,4-7H2,1-3H3/t8?,10-/m0/s1. The second-order valence-corrected chi connectivity index (χ2v) is 4.86. The minimum atomic E-state index is 0.000394. The van der Waals surface area contributed by atoms with Crippen LogP contribution >= 0.6 is 0 Å². The van der Waals surface area contributed by atoms with E-state index in [-0.39, 0.29) is 24.0 Å². The third-order valence-corrected chi connectivity index (χ3v) is 4.19. The summed E-state index contributed by atoms with van der Waals surface area (Å²) in [5, 5.41) is 18.4. The summed E-state index contributed by atoms with van der Waals surface area (Å²) in [5.74, 6) is 0.356. The molecule has 12 heavy (non-hydrogen) atoms. The Morgan fingerprint density at radius 2 is 1.83 bits per heavy atom. The van der Waals surface area contributed by atoms with E-state index < -0.39 is 0 Å². The highest BCUT2D eigenvalue weighted by Gasteiger charge is 2.50. The largest absolute Gasteiger partial charge is 0.396 e. The van der Waals surface area contributed by atoms with E-state index in [1.165, 1.54) is 0 Å². The topological polar surface area (TPSA) is 40.5 Å². The molecule has 0 heterocycles. The first-order valence-corrected chi connectivity index (χ1v) is 4.69. The van der Waals surface area contributed by atoms with Crippen LogP contribution < -0.4 is 0 Å². The van der Waals surface area contributed by atoms with Gasteiger partial charge in [0.15, 0.2) is 0 Å². The van der Waals surface area contributed by atoms with Gasteiger partial charge in [0.25, 0.3) is 0 Å². The Hall–Kier alpha value is -0.0800. The van der Waals surface area contributed by atoms with Gasteiger partial charge in [-0.25, -0.2) is 0 Å². The first-order chi connectivity index (χ1) is 5.48. The van der Waals surface area contributed by atoms with Crippen molar-refractivity contribution in [3.8, 4) is 0 Å². The van der Waals surface area contributed by atoms with Crippen molar-refractivity contribution in [2.75, 3.05) is 13.2 Å². The van der Waals surface area contributed by atoms with E-state index in [2.05, 4.69) is 20.8 Å². The van der Waals surface area contributed by atoms with E-state index >= 15 is 0 Å². The van der Waals surface area contributed by atoms with Crippen LogP contribution in [-0.4, -0.2) is 23.4 Å². The van der Waals surface area contributed by atoms with Crippen LogP contribution in [0.5, 0.6) is 0 Å². The first kappa shape index (κ1) is 10.0. The molecule has 0 bridgehead atoms. The van der Waals surface area contributed by atoms with Crippen molar-refractivity contribution in [3.05, 3.63) is 0 Å². The Bertz CT molecular complexity index is 165. The van der Waals surface area contributed by atoms with E-state index in [1.54, 1.807) is 0 Å². The zero-order valence-corrected chi connectivity index (χ0v) is 8.30. The number of hydrogen-bond donors (Lipinski definition) is 2. The molecule has 72 valence electrons. The van der Waals surface area contributed by atoms with Crippen molar-refractivity contribution >= 4 is 0 Å². The quantitative estimate of drug-likeness (QED) is 0.661. The lowest BCUT2D eigenvalue weighted by Gasteiger charge is -2.40. The van der Waals surface area contributed by atoms with Gasteiger partial charge in [0.2, 0.25) is 0 Å². The molecule has 2 atom stereocenters. The highest BCUT2D eigenvalue weighted by atomic mass is 16.3. The van der Waals surface area contributed by atoms with Crippen molar-refractivity contribution in [1.82, 2.24) is 0 Å². The molecular formula is C10H20O2. The van der Waals surface area contributed by atoms with E-state index in [4.69, 9.17) is 5.11 Å².